The number of hydrogen-bond donors (Lipinski definition) is 0. The van der Waals surface area contributed by atoms with Crippen molar-refractivity contribution in [1.82, 2.24) is 0 Å². The van der Waals surface area contributed by atoms with E-state index in [2.05, 4.69) is 10.2 Å². The number of hydrogen-bond acceptors (Lipinski definition) is 3. The molecular formula is C8H4N2O. The second-order valence-corrected chi connectivity index (χ2v) is 2.17. The Balaban J connectivity index is 2.72. The quantitative estimate of drug-likeness (QED) is 0.513. The molecule has 0 amide bonds. The average molecular weight is 144 g/mol. The van der Waals surface area contributed by atoms with Crippen LogP contribution in [-0.2, 0) is 4.79 Å². The highest BCUT2D eigenvalue weighted by molar-refractivity contribution is 5.92. The van der Waals surface area contributed by atoms with Gasteiger partial charge in [-0.25, -0.2) is 4.79 Å². The van der Waals surface area contributed by atoms with Crippen LogP contribution in [0.5, 0.6) is 0 Å². The summed E-state index contributed by atoms with van der Waals surface area (Å²) in [6, 6.07) is 7.30. The summed E-state index contributed by atoms with van der Waals surface area (Å²) in [5.41, 5.74) is 1.80. The van der Waals surface area contributed by atoms with Crippen LogP contribution in [0, 0.1) is 0 Å². The first-order chi connectivity index (χ1) is 5.42. The van der Waals surface area contributed by atoms with E-state index in [9.17, 15) is 4.79 Å². The molecule has 0 unspecified atom stereocenters. The second kappa shape index (κ2) is 2.15. The van der Waals surface area contributed by atoms with Gasteiger partial charge in [0, 0.05) is 5.56 Å². The van der Waals surface area contributed by atoms with Crippen molar-refractivity contribution >= 4 is 17.3 Å². The fourth-order valence-electron chi connectivity index (χ4n) is 0.994. The summed E-state index contributed by atoms with van der Waals surface area (Å²) in [4.78, 5) is 10.3. The molecule has 0 fully saturated rings. The lowest BCUT2D eigenvalue weighted by molar-refractivity contribution is 0.569. The van der Waals surface area contributed by atoms with Crippen molar-refractivity contribution in [3.05, 3.63) is 29.8 Å². The molecule has 0 spiro atoms. The van der Waals surface area contributed by atoms with Crippen molar-refractivity contribution in [1.29, 1.82) is 0 Å². The van der Waals surface area contributed by atoms with E-state index in [1.165, 1.54) is 0 Å². The molecule has 0 saturated carbocycles. The first-order valence-corrected chi connectivity index (χ1v) is 3.18. The van der Waals surface area contributed by atoms with Crippen LogP contribution in [0.1, 0.15) is 5.56 Å². The number of carbonyl (C=O) groups excluding carboxylic acids is 1. The number of fused-ring (bicyclic) bond motifs is 1. The summed E-state index contributed by atoms with van der Waals surface area (Å²) in [6.07, 6.45) is 0. The second-order valence-electron chi connectivity index (χ2n) is 2.17. The molecule has 1 aromatic rings. The van der Waals surface area contributed by atoms with E-state index in [0.717, 1.165) is 11.3 Å². The Labute approximate surface area is 63.1 Å². The van der Waals surface area contributed by atoms with E-state index >= 15 is 0 Å². The van der Waals surface area contributed by atoms with Crippen LogP contribution in [0.25, 0.3) is 5.70 Å². The third kappa shape index (κ3) is 0.791. The summed E-state index contributed by atoms with van der Waals surface area (Å²) in [7, 11) is 0. The lowest BCUT2D eigenvalue weighted by Gasteiger charge is -1.89. The van der Waals surface area contributed by atoms with Gasteiger partial charge < -0.3 is 0 Å². The van der Waals surface area contributed by atoms with Gasteiger partial charge in [-0.1, -0.05) is 12.1 Å². The first kappa shape index (κ1) is 6.01. The van der Waals surface area contributed by atoms with Crippen LogP contribution in [0.4, 0.5) is 5.69 Å². The van der Waals surface area contributed by atoms with Gasteiger partial charge in [0.2, 0.25) is 0 Å². The van der Waals surface area contributed by atoms with Crippen molar-refractivity contribution in [2.24, 2.45) is 10.2 Å². The summed E-state index contributed by atoms with van der Waals surface area (Å²) in [5.74, 6) is 1.73. The van der Waals surface area contributed by atoms with E-state index in [0.29, 0.717) is 5.70 Å². The van der Waals surface area contributed by atoms with Gasteiger partial charge in [-0.2, -0.15) is 0 Å². The fourth-order valence-corrected chi connectivity index (χ4v) is 0.994. The molecule has 11 heavy (non-hydrogen) atoms. The minimum Gasteiger partial charge on any atom is -0.231 e. The molecule has 0 aliphatic carbocycles. The van der Waals surface area contributed by atoms with Crippen molar-refractivity contribution in [3.63, 3.8) is 0 Å². The standard InChI is InChI=1S/C8H4N2O/c11-5-8-6-3-1-2-4-7(6)9-10-8/h1-4H. The minimum absolute atomic E-state index is 0.292. The monoisotopic (exact) mass is 144 g/mol. The Kier molecular flexibility index (Phi) is 1.17. The molecular weight excluding hydrogens is 140 g/mol. The molecule has 1 heterocycles. The predicted octanol–water partition coefficient (Wildman–Crippen LogP) is 1.96. The topological polar surface area (TPSA) is 41.8 Å². The molecule has 1 aromatic carbocycles. The number of rotatable bonds is 0. The Morgan fingerprint density at radius 2 is 2.00 bits per heavy atom. The lowest BCUT2D eigenvalue weighted by atomic mass is 10.1. The zero-order valence-corrected chi connectivity index (χ0v) is 5.61. The zero-order chi connectivity index (χ0) is 7.68. The first-order valence-electron chi connectivity index (χ1n) is 3.18. The van der Waals surface area contributed by atoms with E-state index < -0.39 is 0 Å². The summed E-state index contributed by atoms with van der Waals surface area (Å²) >= 11 is 0. The van der Waals surface area contributed by atoms with Crippen LogP contribution in [-0.4, -0.2) is 5.94 Å². The maximum Gasteiger partial charge on any atom is 0.178 e. The van der Waals surface area contributed by atoms with Gasteiger partial charge in [-0.15, -0.1) is 10.2 Å². The van der Waals surface area contributed by atoms with Crippen molar-refractivity contribution < 1.29 is 4.79 Å². The third-order valence-corrected chi connectivity index (χ3v) is 1.51. The van der Waals surface area contributed by atoms with E-state index in [-0.39, 0.29) is 0 Å². The Morgan fingerprint density at radius 3 is 2.82 bits per heavy atom. The van der Waals surface area contributed by atoms with Gasteiger partial charge in [0.05, 0.1) is 5.69 Å². The normalized spacial score (nSPS) is 12.9. The van der Waals surface area contributed by atoms with Gasteiger partial charge in [0.15, 0.2) is 11.6 Å². The Hall–Kier alpha value is -1.73. The molecule has 1 aliphatic rings. The Bertz CT molecular complexity index is 375. The number of benzene rings is 1. The van der Waals surface area contributed by atoms with Crippen LogP contribution in [0.2, 0.25) is 0 Å². The van der Waals surface area contributed by atoms with Crippen molar-refractivity contribution in [2.45, 2.75) is 0 Å². The van der Waals surface area contributed by atoms with Gasteiger partial charge in [-0.3, -0.25) is 0 Å². The van der Waals surface area contributed by atoms with Gasteiger partial charge >= 0.3 is 0 Å². The summed E-state index contributed by atoms with van der Waals surface area (Å²) in [5, 5.41) is 7.42. The SMILES string of the molecule is O=C=C1N=Nc2ccccc21. The number of azo groups is 1. The maximum absolute atomic E-state index is 10.3. The lowest BCUT2D eigenvalue weighted by Crippen LogP contribution is -1.74. The molecule has 3 heteroatoms. The highest BCUT2D eigenvalue weighted by Gasteiger charge is 2.12. The molecule has 0 saturated heterocycles. The highest BCUT2D eigenvalue weighted by Crippen LogP contribution is 2.32. The van der Waals surface area contributed by atoms with Crippen LogP contribution in [0.3, 0.4) is 0 Å². The molecule has 0 N–H and O–H groups in total. The molecule has 0 atom stereocenters. The summed E-state index contributed by atoms with van der Waals surface area (Å²) in [6.45, 7) is 0. The molecule has 3 nitrogen and oxygen atoms in total. The summed E-state index contributed by atoms with van der Waals surface area (Å²) < 4.78 is 0. The molecule has 52 valence electrons. The van der Waals surface area contributed by atoms with E-state index in [4.69, 9.17) is 0 Å². The molecule has 2 rings (SSSR count). The molecule has 0 aromatic heterocycles. The van der Waals surface area contributed by atoms with Gasteiger partial charge in [0.1, 0.15) is 0 Å². The molecule has 1 aliphatic heterocycles. The fraction of sp³-hybridized carbons (Fsp3) is 0. The van der Waals surface area contributed by atoms with Crippen molar-refractivity contribution in [2.75, 3.05) is 0 Å². The average Bonchev–Trinajstić information content (AvgIpc) is 2.47. The van der Waals surface area contributed by atoms with Crippen molar-refractivity contribution in [3.8, 4) is 0 Å². The zero-order valence-electron chi connectivity index (χ0n) is 5.61. The number of nitrogens with zero attached hydrogens (tertiary/aromatic N) is 2. The van der Waals surface area contributed by atoms with Crippen LogP contribution >= 0.6 is 0 Å². The Morgan fingerprint density at radius 1 is 1.18 bits per heavy atom. The third-order valence-electron chi connectivity index (χ3n) is 1.51. The maximum atomic E-state index is 10.3. The smallest absolute Gasteiger partial charge is 0.178 e. The molecule has 0 bridgehead atoms. The van der Waals surface area contributed by atoms with E-state index in [1.807, 2.05) is 18.2 Å². The van der Waals surface area contributed by atoms with Gasteiger partial charge in [-0.05, 0) is 12.1 Å². The van der Waals surface area contributed by atoms with Crippen LogP contribution < -0.4 is 0 Å². The van der Waals surface area contributed by atoms with Crippen LogP contribution in [0.15, 0.2) is 34.5 Å². The van der Waals surface area contributed by atoms with E-state index in [1.54, 1.807) is 12.0 Å². The predicted molar refractivity (Wildman–Crippen MR) is 40.1 cm³/mol. The minimum atomic E-state index is 0.292. The highest BCUT2D eigenvalue weighted by atomic mass is 16.1. The molecule has 0 radical (unpaired) electrons. The largest absolute Gasteiger partial charge is 0.231 e. The van der Waals surface area contributed by atoms with Gasteiger partial charge in [0.25, 0.3) is 0 Å².